The number of thioether (sulfide) groups is 1. The number of rotatable bonds is 6. The van der Waals surface area contributed by atoms with E-state index in [1.165, 1.54) is 24.2 Å². The van der Waals surface area contributed by atoms with E-state index in [-0.39, 0.29) is 17.3 Å². The summed E-state index contributed by atoms with van der Waals surface area (Å²) in [4.78, 5) is 12.4. The lowest BCUT2D eigenvalue weighted by Crippen LogP contribution is -2.15. The molecule has 0 unspecified atom stereocenters. The summed E-state index contributed by atoms with van der Waals surface area (Å²) >= 11 is 1.43. The van der Waals surface area contributed by atoms with E-state index in [0.29, 0.717) is 5.75 Å². The average molecular weight is 430 g/mol. The van der Waals surface area contributed by atoms with E-state index in [4.69, 9.17) is 4.52 Å². The summed E-state index contributed by atoms with van der Waals surface area (Å²) in [5.74, 6) is 2.52. The summed E-state index contributed by atoms with van der Waals surface area (Å²) in [7, 11) is 0. The summed E-state index contributed by atoms with van der Waals surface area (Å²) in [6, 6.07) is 4.67. The van der Waals surface area contributed by atoms with Crippen molar-refractivity contribution in [3.63, 3.8) is 0 Å². The monoisotopic (exact) mass is 429 g/mol. The van der Waals surface area contributed by atoms with Gasteiger partial charge in [0, 0.05) is 29.8 Å². The minimum absolute atomic E-state index is 0.154. The number of aromatic nitrogens is 4. The standard InChI is InChI=1S/C21H24FN5O2S/c1-13-16(14(2)29-26-13)11-30-12-20(28)23-18-10-15(7-8-17(18)22)21-25-24-19-6-4-3-5-9-27(19)21/h7-8,10H,3-6,9,11-12H2,1-2H3,(H,23,28). The molecule has 0 fully saturated rings. The van der Waals surface area contributed by atoms with Gasteiger partial charge in [-0.05, 0) is 44.9 Å². The molecule has 0 aliphatic carbocycles. The molecule has 3 aromatic rings. The van der Waals surface area contributed by atoms with E-state index in [0.717, 1.165) is 60.0 Å². The molecule has 30 heavy (non-hydrogen) atoms. The van der Waals surface area contributed by atoms with Crippen molar-refractivity contribution in [2.24, 2.45) is 0 Å². The fraction of sp³-hybridized carbons (Fsp3) is 0.429. The topological polar surface area (TPSA) is 85.8 Å². The van der Waals surface area contributed by atoms with Crippen LogP contribution in [0.3, 0.4) is 0 Å². The number of nitrogens with one attached hydrogen (secondary N) is 1. The van der Waals surface area contributed by atoms with Crippen LogP contribution in [-0.2, 0) is 23.5 Å². The average Bonchev–Trinajstić information content (AvgIpc) is 3.18. The first-order chi connectivity index (χ1) is 14.5. The highest BCUT2D eigenvalue weighted by molar-refractivity contribution is 7.99. The smallest absolute Gasteiger partial charge is 0.234 e. The molecule has 158 valence electrons. The number of hydrogen-bond donors (Lipinski definition) is 1. The highest BCUT2D eigenvalue weighted by Gasteiger charge is 2.18. The minimum atomic E-state index is -0.474. The molecule has 1 N–H and O–H groups in total. The first kappa shape index (κ1) is 20.6. The van der Waals surface area contributed by atoms with E-state index in [9.17, 15) is 9.18 Å². The number of halogens is 1. The largest absolute Gasteiger partial charge is 0.361 e. The highest BCUT2D eigenvalue weighted by atomic mass is 32.2. The lowest BCUT2D eigenvalue weighted by Gasteiger charge is -2.10. The van der Waals surface area contributed by atoms with Crippen molar-refractivity contribution in [3.05, 3.63) is 46.9 Å². The number of benzene rings is 1. The Morgan fingerprint density at radius 3 is 2.93 bits per heavy atom. The van der Waals surface area contributed by atoms with Gasteiger partial charge in [0.2, 0.25) is 5.91 Å². The molecule has 1 aliphatic rings. The number of anilines is 1. The van der Waals surface area contributed by atoms with Gasteiger partial charge in [0.1, 0.15) is 17.4 Å². The van der Waals surface area contributed by atoms with Gasteiger partial charge in [-0.15, -0.1) is 22.0 Å². The maximum Gasteiger partial charge on any atom is 0.234 e. The van der Waals surface area contributed by atoms with Crippen LogP contribution in [0.1, 0.15) is 42.1 Å². The third-order valence-electron chi connectivity index (χ3n) is 5.27. The van der Waals surface area contributed by atoms with Crippen molar-refractivity contribution in [1.82, 2.24) is 19.9 Å². The molecule has 4 rings (SSSR count). The van der Waals surface area contributed by atoms with Crippen molar-refractivity contribution in [2.75, 3.05) is 11.1 Å². The van der Waals surface area contributed by atoms with Gasteiger partial charge < -0.3 is 14.4 Å². The summed E-state index contributed by atoms with van der Waals surface area (Å²) < 4.78 is 21.6. The fourth-order valence-corrected chi connectivity index (χ4v) is 4.57. The molecule has 0 bridgehead atoms. The molecule has 3 heterocycles. The maximum atomic E-state index is 14.3. The second-order valence-electron chi connectivity index (χ2n) is 7.44. The van der Waals surface area contributed by atoms with Gasteiger partial charge in [-0.1, -0.05) is 11.6 Å². The quantitative estimate of drug-likeness (QED) is 0.629. The summed E-state index contributed by atoms with van der Waals surface area (Å²) in [6.45, 7) is 4.58. The minimum Gasteiger partial charge on any atom is -0.361 e. The first-order valence-corrected chi connectivity index (χ1v) is 11.2. The van der Waals surface area contributed by atoms with Gasteiger partial charge >= 0.3 is 0 Å². The van der Waals surface area contributed by atoms with Crippen LogP contribution in [0.4, 0.5) is 10.1 Å². The van der Waals surface area contributed by atoms with Gasteiger partial charge in [-0.2, -0.15) is 0 Å². The number of carbonyl (C=O) groups excluding carboxylic acids is 1. The third kappa shape index (κ3) is 4.40. The molecular weight excluding hydrogens is 405 g/mol. The van der Waals surface area contributed by atoms with Crippen LogP contribution in [-0.4, -0.2) is 31.6 Å². The van der Waals surface area contributed by atoms with Crippen molar-refractivity contribution < 1.29 is 13.7 Å². The van der Waals surface area contributed by atoms with Crippen molar-refractivity contribution >= 4 is 23.4 Å². The first-order valence-electron chi connectivity index (χ1n) is 10.0. The summed E-state index contributed by atoms with van der Waals surface area (Å²) in [5.41, 5.74) is 2.72. The Balaban J connectivity index is 1.43. The second kappa shape index (κ2) is 8.99. The van der Waals surface area contributed by atoms with Gasteiger partial charge in [0.25, 0.3) is 0 Å². The predicted octanol–water partition coefficient (Wildman–Crippen LogP) is 4.29. The molecule has 1 amide bonds. The van der Waals surface area contributed by atoms with Gasteiger partial charge in [0.15, 0.2) is 5.82 Å². The molecular formula is C21H24FN5O2S. The molecule has 1 aliphatic heterocycles. The van der Waals surface area contributed by atoms with E-state index < -0.39 is 5.82 Å². The molecule has 0 saturated heterocycles. The predicted molar refractivity (Wildman–Crippen MR) is 114 cm³/mol. The van der Waals surface area contributed by atoms with E-state index >= 15 is 0 Å². The van der Waals surface area contributed by atoms with Crippen molar-refractivity contribution in [2.45, 2.75) is 51.8 Å². The lowest BCUT2D eigenvalue weighted by molar-refractivity contribution is -0.113. The second-order valence-corrected chi connectivity index (χ2v) is 8.43. The number of amides is 1. The number of aryl methyl sites for hydroxylation is 3. The summed E-state index contributed by atoms with van der Waals surface area (Å²) in [6.07, 6.45) is 4.25. The lowest BCUT2D eigenvalue weighted by atomic mass is 10.1. The van der Waals surface area contributed by atoms with Crippen LogP contribution in [0.25, 0.3) is 11.4 Å². The van der Waals surface area contributed by atoms with Gasteiger partial charge in [0.05, 0.1) is 17.1 Å². The molecule has 0 saturated carbocycles. The normalized spacial score (nSPS) is 13.7. The van der Waals surface area contributed by atoms with Crippen LogP contribution >= 0.6 is 11.8 Å². The van der Waals surface area contributed by atoms with E-state index in [2.05, 4.69) is 25.2 Å². The molecule has 1 aromatic carbocycles. The van der Waals surface area contributed by atoms with Crippen LogP contribution < -0.4 is 5.32 Å². The Morgan fingerprint density at radius 1 is 1.27 bits per heavy atom. The zero-order valence-corrected chi connectivity index (χ0v) is 17.9. The Morgan fingerprint density at radius 2 is 2.13 bits per heavy atom. The number of carbonyl (C=O) groups is 1. The molecule has 0 atom stereocenters. The van der Waals surface area contributed by atoms with E-state index in [1.54, 1.807) is 12.1 Å². The van der Waals surface area contributed by atoms with Crippen molar-refractivity contribution in [1.29, 1.82) is 0 Å². The van der Waals surface area contributed by atoms with Crippen LogP contribution in [0.2, 0.25) is 0 Å². The Hall–Kier alpha value is -2.68. The SMILES string of the molecule is Cc1noc(C)c1CSCC(=O)Nc1cc(-c2nnc3n2CCCCC3)ccc1F. The fourth-order valence-electron chi connectivity index (χ4n) is 3.60. The molecule has 0 spiro atoms. The summed E-state index contributed by atoms with van der Waals surface area (Å²) in [5, 5.41) is 15.2. The Bertz CT molecular complexity index is 1040. The van der Waals surface area contributed by atoms with Crippen LogP contribution in [0, 0.1) is 19.7 Å². The third-order valence-corrected chi connectivity index (χ3v) is 6.23. The number of hydrogen-bond acceptors (Lipinski definition) is 6. The number of fused-ring (bicyclic) bond motifs is 1. The molecule has 7 nitrogen and oxygen atoms in total. The number of nitrogens with zero attached hydrogens (tertiary/aromatic N) is 4. The van der Waals surface area contributed by atoms with Gasteiger partial charge in [-0.25, -0.2) is 4.39 Å². The molecule has 9 heteroatoms. The Labute approximate surface area is 178 Å². The van der Waals surface area contributed by atoms with Crippen LogP contribution in [0.15, 0.2) is 22.7 Å². The highest BCUT2D eigenvalue weighted by Crippen LogP contribution is 2.27. The molecule has 2 aromatic heterocycles. The zero-order chi connectivity index (χ0) is 21.1. The van der Waals surface area contributed by atoms with Gasteiger partial charge in [-0.3, -0.25) is 4.79 Å². The zero-order valence-electron chi connectivity index (χ0n) is 17.1. The van der Waals surface area contributed by atoms with E-state index in [1.807, 2.05) is 13.8 Å². The maximum absolute atomic E-state index is 14.3. The molecule has 0 radical (unpaired) electrons. The van der Waals surface area contributed by atoms with Crippen LogP contribution in [0.5, 0.6) is 0 Å². The Kier molecular flexibility index (Phi) is 6.17. The van der Waals surface area contributed by atoms with Crippen molar-refractivity contribution in [3.8, 4) is 11.4 Å².